The molecule has 1 N–H and O–H groups in total. The van der Waals surface area contributed by atoms with E-state index in [2.05, 4.69) is 0 Å². The molecule has 0 bridgehead atoms. The van der Waals surface area contributed by atoms with Gasteiger partial charge in [0.25, 0.3) is 5.91 Å². The van der Waals surface area contributed by atoms with Gasteiger partial charge in [0.2, 0.25) is 0 Å². The Morgan fingerprint density at radius 2 is 1.89 bits per heavy atom. The fraction of sp³-hybridized carbons (Fsp3) is 0.133. The number of hydrogen-bond acceptors (Lipinski definition) is 3. The van der Waals surface area contributed by atoms with Crippen LogP contribution in [0.2, 0.25) is 0 Å². The van der Waals surface area contributed by atoms with Crippen LogP contribution in [0.25, 0.3) is 0 Å². The third-order valence-electron chi connectivity index (χ3n) is 3.14. The van der Waals surface area contributed by atoms with Crippen molar-refractivity contribution in [3.63, 3.8) is 0 Å². The maximum absolute atomic E-state index is 12.1. The molecule has 2 aromatic rings. The summed E-state index contributed by atoms with van der Waals surface area (Å²) in [5, 5.41) is 11.0. The molecule has 0 saturated heterocycles. The van der Waals surface area contributed by atoms with Gasteiger partial charge in [0.15, 0.2) is 0 Å². The van der Waals surface area contributed by atoms with Gasteiger partial charge >= 0.3 is 0 Å². The number of benzene rings is 2. The number of hydrogen-bond donors (Lipinski definition) is 1. The highest BCUT2D eigenvalue weighted by molar-refractivity contribution is 5.98. The molecular weight excluding hydrogens is 242 g/mol. The van der Waals surface area contributed by atoms with E-state index in [1.807, 2.05) is 30.3 Å². The van der Waals surface area contributed by atoms with Crippen molar-refractivity contribution in [2.45, 2.75) is 13.2 Å². The van der Waals surface area contributed by atoms with E-state index in [0.717, 1.165) is 5.56 Å². The molecule has 1 aliphatic rings. The number of carbonyl (C=O) groups excluding carboxylic acids is 1. The molecule has 2 aromatic carbocycles. The van der Waals surface area contributed by atoms with Crippen LogP contribution < -0.4 is 0 Å². The fourth-order valence-electron chi connectivity index (χ4n) is 2.12. The molecule has 4 heteroatoms. The van der Waals surface area contributed by atoms with Crippen LogP contribution in [-0.4, -0.2) is 16.1 Å². The molecule has 96 valence electrons. The molecule has 0 unspecified atom stereocenters. The van der Waals surface area contributed by atoms with Crippen molar-refractivity contribution in [2.75, 3.05) is 0 Å². The van der Waals surface area contributed by atoms with Gasteiger partial charge in [-0.05, 0) is 17.7 Å². The van der Waals surface area contributed by atoms with Crippen LogP contribution >= 0.6 is 0 Å². The van der Waals surface area contributed by atoms with Crippen LogP contribution in [-0.2, 0) is 18.0 Å². The first-order valence-electron chi connectivity index (χ1n) is 6.05. The standard InChI is InChI=1S/C15H13NO3/c17-14-8-4-7-12-13(14)9-16(15(12)18)19-10-11-5-2-1-3-6-11/h1-8,17H,9-10H2. The number of aromatic hydroxyl groups is 1. The number of phenolic OH excluding ortho intramolecular Hbond substituents is 1. The van der Waals surface area contributed by atoms with Gasteiger partial charge in [-0.3, -0.25) is 9.63 Å². The molecule has 19 heavy (non-hydrogen) atoms. The summed E-state index contributed by atoms with van der Waals surface area (Å²) < 4.78 is 0. The molecule has 0 saturated carbocycles. The Bertz CT molecular complexity index is 610. The summed E-state index contributed by atoms with van der Waals surface area (Å²) >= 11 is 0. The monoisotopic (exact) mass is 255 g/mol. The minimum atomic E-state index is -0.207. The van der Waals surface area contributed by atoms with E-state index in [-0.39, 0.29) is 18.2 Å². The zero-order valence-electron chi connectivity index (χ0n) is 10.2. The molecule has 0 fully saturated rings. The first kappa shape index (κ1) is 11.7. The van der Waals surface area contributed by atoms with E-state index in [9.17, 15) is 9.90 Å². The third kappa shape index (κ3) is 2.18. The Morgan fingerprint density at radius 1 is 1.11 bits per heavy atom. The number of phenols is 1. The zero-order chi connectivity index (χ0) is 13.2. The highest BCUT2D eigenvalue weighted by atomic mass is 16.7. The molecule has 0 radical (unpaired) electrons. The van der Waals surface area contributed by atoms with E-state index in [4.69, 9.17) is 4.84 Å². The molecular formula is C15H13NO3. The van der Waals surface area contributed by atoms with Crippen LogP contribution in [0.5, 0.6) is 5.75 Å². The summed E-state index contributed by atoms with van der Waals surface area (Å²) in [5.41, 5.74) is 2.13. The van der Waals surface area contributed by atoms with Gasteiger partial charge in [0, 0.05) is 5.56 Å². The lowest BCUT2D eigenvalue weighted by atomic mass is 10.1. The van der Waals surface area contributed by atoms with Gasteiger partial charge < -0.3 is 5.11 Å². The Kier molecular flexibility index (Phi) is 2.93. The van der Waals surface area contributed by atoms with E-state index in [0.29, 0.717) is 17.7 Å². The molecule has 3 rings (SSSR count). The van der Waals surface area contributed by atoms with Crippen LogP contribution in [0.1, 0.15) is 21.5 Å². The van der Waals surface area contributed by atoms with Crippen molar-refractivity contribution >= 4 is 5.91 Å². The fourth-order valence-corrected chi connectivity index (χ4v) is 2.12. The average molecular weight is 255 g/mol. The quantitative estimate of drug-likeness (QED) is 0.916. The highest BCUT2D eigenvalue weighted by Gasteiger charge is 2.30. The van der Waals surface area contributed by atoms with Crippen molar-refractivity contribution in [3.05, 3.63) is 65.2 Å². The predicted molar refractivity (Wildman–Crippen MR) is 69.2 cm³/mol. The van der Waals surface area contributed by atoms with Crippen molar-refractivity contribution in [3.8, 4) is 5.75 Å². The average Bonchev–Trinajstić information content (AvgIpc) is 2.77. The van der Waals surface area contributed by atoms with Crippen molar-refractivity contribution in [1.82, 2.24) is 5.06 Å². The molecule has 0 aliphatic carbocycles. The molecule has 4 nitrogen and oxygen atoms in total. The van der Waals surface area contributed by atoms with Gasteiger partial charge in [-0.25, -0.2) is 5.06 Å². The van der Waals surface area contributed by atoms with Gasteiger partial charge in [-0.2, -0.15) is 0 Å². The molecule has 0 aromatic heterocycles. The van der Waals surface area contributed by atoms with E-state index >= 15 is 0 Å². The number of rotatable bonds is 3. The maximum atomic E-state index is 12.1. The van der Waals surface area contributed by atoms with Crippen LogP contribution in [0.3, 0.4) is 0 Å². The van der Waals surface area contributed by atoms with Gasteiger partial charge in [0.05, 0.1) is 12.1 Å². The van der Waals surface area contributed by atoms with Gasteiger partial charge in [-0.15, -0.1) is 0 Å². The van der Waals surface area contributed by atoms with E-state index in [1.54, 1.807) is 18.2 Å². The lowest BCUT2D eigenvalue weighted by molar-refractivity contribution is -0.135. The Morgan fingerprint density at radius 3 is 2.63 bits per heavy atom. The third-order valence-corrected chi connectivity index (χ3v) is 3.14. The minimum Gasteiger partial charge on any atom is -0.508 e. The number of nitrogens with zero attached hydrogens (tertiary/aromatic N) is 1. The summed E-state index contributed by atoms with van der Waals surface area (Å²) in [6.45, 7) is 0.620. The van der Waals surface area contributed by atoms with Gasteiger partial charge in [0.1, 0.15) is 12.4 Å². The molecule has 0 atom stereocenters. The normalized spacial score (nSPS) is 13.7. The summed E-state index contributed by atoms with van der Waals surface area (Å²) in [6, 6.07) is 14.6. The second-order valence-corrected chi connectivity index (χ2v) is 4.40. The minimum absolute atomic E-state index is 0.136. The van der Waals surface area contributed by atoms with Crippen molar-refractivity contribution in [2.24, 2.45) is 0 Å². The smallest absolute Gasteiger partial charge is 0.278 e. The second kappa shape index (κ2) is 4.74. The summed E-state index contributed by atoms with van der Waals surface area (Å²) in [5.74, 6) is -0.0708. The molecule has 1 amide bonds. The lowest BCUT2D eigenvalue weighted by Crippen LogP contribution is -2.24. The number of fused-ring (bicyclic) bond motifs is 1. The highest BCUT2D eigenvalue weighted by Crippen LogP contribution is 2.30. The number of carbonyl (C=O) groups is 1. The largest absolute Gasteiger partial charge is 0.508 e. The Balaban J connectivity index is 1.72. The zero-order valence-corrected chi connectivity index (χ0v) is 10.2. The van der Waals surface area contributed by atoms with E-state index in [1.165, 1.54) is 5.06 Å². The predicted octanol–water partition coefficient (Wildman–Crippen LogP) is 2.48. The van der Waals surface area contributed by atoms with E-state index < -0.39 is 0 Å². The maximum Gasteiger partial charge on any atom is 0.278 e. The summed E-state index contributed by atoms with van der Waals surface area (Å²) in [4.78, 5) is 17.6. The first-order chi connectivity index (χ1) is 9.25. The summed E-state index contributed by atoms with van der Waals surface area (Å²) in [7, 11) is 0. The van der Waals surface area contributed by atoms with Crippen LogP contribution in [0.15, 0.2) is 48.5 Å². The topological polar surface area (TPSA) is 49.8 Å². The van der Waals surface area contributed by atoms with Crippen LogP contribution in [0.4, 0.5) is 0 Å². The van der Waals surface area contributed by atoms with Crippen molar-refractivity contribution in [1.29, 1.82) is 0 Å². The SMILES string of the molecule is O=C1c2cccc(O)c2CN1OCc1ccccc1. The summed E-state index contributed by atoms with van der Waals surface area (Å²) in [6.07, 6.45) is 0. The Labute approximate surface area is 110 Å². The van der Waals surface area contributed by atoms with Gasteiger partial charge in [-0.1, -0.05) is 36.4 Å². The number of amides is 1. The lowest BCUT2D eigenvalue weighted by Gasteiger charge is -2.15. The molecule has 1 heterocycles. The van der Waals surface area contributed by atoms with Crippen LogP contribution in [0, 0.1) is 0 Å². The Hall–Kier alpha value is -2.33. The first-order valence-corrected chi connectivity index (χ1v) is 6.05. The molecule has 1 aliphatic heterocycles. The second-order valence-electron chi connectivity index (χ2n) is 4.40. The molecule has 0 spiro atoms. The van der Waals surface area contributed by atoms with Crippen molar-refractivity contribution < 1.29 is 14.7 Å². The number of hydroxylamine groups is 2.